The van der Waals surface area contributed by atoms with E-state index in [9.17, 15) is 10.2 Å². The van der Waals surface area contributed by atoms with E-state index in [1.54, 1.807) is 31.2 Å². The second-order valence-corrected chi connectivity index (χ2v) is 4.74. The van der Waals surface area contributed by atoms with Crippen LogP contribution < -0.4 is 69.3 Å². The van der Waals surface area contributed by atoms with E-state index in [0.29, 0.717) is 17.0 Å². The van der Waals surface area contributed by atoms with E-state index in [4.69, 9.17) is 16.7 Å². The Morgan fingerprint density at radius 2 is 1.68 bits per heavy atom. The first-order chi connectivity index (χ1) is 8.04. The molecule has 0 aromatic heterocycles. The fourth-order valence-corrected chi connectivity index (χ4v) is 1.77. The largest absolute Gasteiger partial charge is 1.00 e. The van der Waals surface area contributed by atoms with E-state index in [2.05, 4.69) is 0 Å². The summed E-state index contributed by atoms with van der Waals surface area (Å²) in [5, 5.41) is 32.9. The fourth-order valence-electron chi connectivity index (χ4n) is 1.65. The van der Waals surface area contributed by atoms with Gasteiger partial charge in [-0.2, -0.15) is 0 Å². The van der Waals surface area contributed by atoms with Crippen LogP contribution in [0.25, 0.3) is 0 Å². The normalized spacial score (nSPS) is 14.8. The number of halogens is 1. The van der Waals surface area contributed by atoms with Gasteiger partial charge in [-0.15, -0.1) is 12.2 Å². The van der Waals surface area contributed by atoms with Crippen molar-refractivity contribution in [3.63, 3.8) is 0 Å². The summed E-state index contributed by atoms with van der Waals surface area (Å²) in [6.07, 6.45) is -1.46. The van der Waals surface area contributed by atoms with Gasteiger partial charge < -0.3 is 15.3 Å². The average molecular weight is 303 g/mol. The van der Waals surface area contributed by atoms with E-state index in [-0.39, 0.29) is 78.1 Å². The molecule has 0 aliphatic carbocycles. The average Bonchev–Trinajstić information content (AvgIpc) is 2.30. The molecule has 0 heterocycles. The molecule has 0 radical (unpaired) electrons. The van der Waals surface area contributed by atoms with Crippen molar-refractivity contribution in [1.29, 1.82) is 0 Å². The van der Waals surface area contributed by atoms with Crippen molar-refractivity contribution in [3.05, 3.63) is 34.9 Å². The van der Waals surface area contributed by atoms with Crippen LogP contribution in [-0.4, -0.2) is 17.8 Å². The van der Waals surface area contributed by atoms with Gasteiger partial charge in [0.15, 0.2) is 0 Å². The van der Waals surface area contributed by atoms with Gasteiger partial charge in [0.1, 0.15) is 0 Å². The molecule has 0 fully saturated rings. The molecule has 96 valence electrons. The topological polar surface area (TPSA) is 66.3 Å². The maximum absolute atomic E-state index is 11.9. The minimum atomic E-state index is -1.02. The Balaban J connectivity index is 0. The molecular weight excluding hydrogens is 286 g/mol. The van der Waals surface area contributed by atoms with Crippen LogP contribution in [0.1, 0.15) is 31.4 Å². The molecule has 3 atom stereocenters. The van der Waals surface area contributed by atoms with Crippen LogP contribution in [0.3, 0.4) is 0 Å². The fraction of sp³-hybridized carbons (Fsp3) is 0.538. The predicted molar refractivity (Wildman–Crippen MR) is 63.5 cm³/mol. The van der Waals surface area contributed by atoms with Crippen LogP contribution in [0, 0.1) is 5.92 Å². The minimum Gasteiger partial charge on any atom is -0.852 e. The zero-order valence-electron chi connectivity index (χ0n) is 11.8. The van der Waals surface area contributed by atoms with E-state index in [1.807, 2.05) is 0 Å². The van der Waals surface area contributed by atoms with Crippen LogP contribution in [-0.2, 0) is 0 Å². The molecule has 0 spiro atoms. The Labute approximate surface area is 163 Å². The molecular formula is C13H17ClNa2O3. The van der Waals surface area contributed by atoms with Crippen molar-refractivity contribution in [1.82, 2.24) is 0 Å². The number of rotatable bonds is 6. The molecule has 19 heavy (non-hydrogen) atoms. The van der Waals surface area contributed by atoms with Gasteiger partial charge in [0.05, 0.1) is 0 Å². The summed E-state index contributed by atoms with van der Waals surface area (Å²) in [5.41, 5.74) is 0.589. The molecule has 6 heteroatoms. The van der Waals surface area contributed by atoms with Crippen LogP contribution in [0.15, 0.2) is 24.3 Å². The SMILES string of the molecule is CC(CCO)C([O-])CC([O-])c1ccc(Cl)cc1.[Na+].[Na+]. The summed E-state index contributed by atoms with van der Waals surface area (Å²) < 4.78 is 0. The van der Waals surface area contributed by atoms with E-state index >= 15 is 0 Å². The molecule has 1 N–H and O–H groups in total. The number of aliphatic hydroxyl groups is 1. The zero-order valence-corrected chi connectivity index (χ0v) is 16.6. The predicted octanol–water partition coefficient (Wildman–Crippen LogP) is -5.11. The standard InChI is InChI=1S/C13H17ClO3.2Na/c1-9(6-7-15)12(16)8-13(17)10-2-4-11(14)5-3-10;;/h2-5,9,12-13,15H,6-8H2,1H3;;/q-2;2*+1. The Morgan fingerprint density at radius 3 is 2.16 bits per heavy atom. The van der Waals surface area contributed by atoms with Crippen LogP contribution in [0.2, 0.25) is 5.02 Å². The van der Waals surface area contributed by atoms with Crippen LogP contribution >= 0.6 is 11.6 Å². The van der Waals surface area contributed by atoms with Crippen molar-refractivity contribution >= 4 is 11.6 Å². The van der Waals surface area contributed by atoms with Crippen molar-refractivity contribution in [2.24, 2.45) is 5.92 Å². The number of benzene rings is 1. The summed E-state index contributed by atoms with van der Waals surface area (Å²) in [6.45, 7) is 1.76. The number of aliphatic hydroxyl groups excluding tert-OH is 1. The summed E-state index contributed by atoms with van der Waals surface area (Å²) in [6, 6.07) is 6.62. The van der Waals surface area contributed by atoms with Crippen LogP contribution in [0.4, 0.5) is 0 Å². The van der Waals surface area contributed by atoms with E-state index < -0.39 is 12.2 Å². The minimum absolute atomic E-state index is 0. The molecule has 0 saturated heterocycles. The number of hydrogen-bond acceptors (Lipinski definition) is 3. The summed E-state index contributed by atoms with van der Waals surface area (Å²) in [7, 11) is 0. The van der Waals surface area contributed by atoms with Gasteiger partial charge in [-0.05, 0) is 18.6 Å². The van der Waals surface area contributed by atoms with Crippen molar-refractivity contribution in [2.75, 3.05) is 6.61 Å². The van der Waals surface area contributed by atoms with Gasteiger partial charge in [0, 0.05) is 11.6 Å². The third kappa shape index (κ3) is 8.42. The van der Waals surface area contributed by atoms with Crippen molar-refractivity contribution in [2.45, 2.75) is 32.0 Å². The quantitative estimate of drug-likeness (QED) is 0.535. The van der Waals surface area contributed by atoms with E-state index in [0.717, 1.165) is 0 Å². The van der Waals surface area contributed by atoms with Gasteiger partial charge in [0.2, 0.25) is 0 Å². The third-order valence-electron chi connectivity index (χ3n) is 2.91. The molecule has 3 unspecified atom stereocenters. The Bertz CT molecular complexity index is 335. The van der Waals surface area contributed by atoms with Gasteiger partial charge in [-0.25, -0.2) is 0 Å². The maximum atomic E-state index is 11.9. The van der Waals surface area contributed by atoms with Gasteiger partial charge in [-0.3, -0.25) is 0 Å². The molecule has 0 bridgehead atoms. The zero-order chi connectivity index (χ0) is 12.8. The molecule has 0 amide bonds. The van der Waals surface area contributed by atoms with Crippen molar-refractivity contribution in [3.8, 4) is 0 Å². The van der Waals surface area contributed by atoms with Gasteiger partial charge >= 0.3 is 59.1 Å². The van der Waals surface area contributed by atoms with Crippen molar-refractivity contribution < 1.29 is 74.4 Å². The molecule has 1 aromatic rings. The maximum Gasteiger partial charge on any atom is 1.00 e. The smallest absolute Gasteiger partial charge is 0.852 e. The second-order valence-electron chi connectivity index (χ2n) is 4.30. The van der Waals surface area contributed by atoms with Gasteiger partial charge in [-0.1, -0.05) is 48.6 Å². The summed E-state index contributed by atoms with van der Waals surface area (Å²) in [5.74, 6) is -0.177. The Kier molecular flexibility index (Phi) is 14.3. The molecule has 3 nitrogen and oxygen atoms in total. The molecule has 1 aromatic carbocycles. The molecule has 1 rings (SSSR count). The second kappa shape index (κ2) is 12.0. The molecule has 0 aliphatic rings. The Morgan fingerprint density at radius 1 is 1.16 bits per heavy atom. The van der Waals surface area contributed by atoms with Gasteiger partial charge in [0.25, 0.3) is 0 Å². The first-order valence-electron chi connectivity index (χ1n) is 5.72. The first-order valence-corrected chi connectivity index (χ1v) is 6.10. The first kappa shape index (κ1) is 22.7. The summed E-state index contributed by atoms with van der Waals surface area (Å²) in [4.78, 5) is 0. The Hall–Kier alpha value is 1.39. The monoisotopic (exact) mass is 302 g/mol. The van der Waals surface area contributed by atoms with Crippen LogP contribution in [0.5, 0.6) is 0 Å². The summed E-state index contributed by atoms with van der Waals surface area (Å²) >= 11 is 5.72. The number of hydrogen-bond donors (Lipinski definition) is 1. The van der Waals surface area contributed by atoms with E-state index in [1.165, 1.54) is 0 Å². The molecule has 0 saturated carbocycles. The third-order valence-corrected chi connectivity index (χ3v) is 3.16. The molecule has 0 aliphatic heterocycles.